The topological polar surface area (TPSA) is 69.6 Å². The molecule has 1 aromatic rings. The predicted molar refractivity (Wildman–Crippen MR) is 77.9 cm³/mol. The number of piperidine rings is 1. The number of likely N-dealkylation sites (tertiary alicyclic amines) is 1. The van der Waals surface area contributed by atoms with Gasteiger partial charge in [0.25, 0.3) is 0 Å². The van der Waals surface area contributed by atoms with Crippen LogP contribution in [0.25, 0.3) is 0 Å². The van der Waals surface area contributed by atoms with E-state index >= 15 is 0 Å². The molecule has 0 spiro atoms. The van der Waals surface area contributed by atoms with Crippen LogP contribution in [0.2, 0.25) is 0 Å². The standard InChI is InChI=1S/C14H21FN2O3S/c15-12-4-1-6-14(10-12)21(19,20)16-13-5-2-7-17(11-13)8-3-9-18/h1,4,6,10,13,16,18H,2-3,5,7-9,11H2. The molecule has 1 fully saturated rings. The highest BCUT2D eigenvalue weighted by molar-refractivity contribution is 7.89. The lowest BCUT2D eigenvalue weighted by atomic mass is 10.1. The van der Waals surface area contributed by atoms with Crippen LogP contribution >= 0.6 is 0 Å². The molecular weight excluding hydrogens is 295 g/mol. The van der Waals surface area contributed by atoms with Gasteiger partial charge in [-0.15, -0.1) is 0 Å². The largest absolute Gasteiger partial charge is 0.396 e. The molecule has 1 aliphatic rings. The first-order chi connectivity index (χ1) is 10.0. The molecule has 2 rings (SSSR count). The van der Waals surface area contributed by atoms with Crippen LogP contribution in [-0.4, -0.2) is 50.7 Å². The summed E-state index contributed by atoms with van der Waals surface area (Å²) in [6.45, 7) is 2.43. The van der Waals surface area contributed by atoms with Crippen LogP contribution in [0.15, 0.2) is 29.2 Å². The number of hydrogen-bond donors (Lipinski definition) is 2. The minimum atomic E-state index is -3.69. The molecule has 0 bridgehead atoms. The zero-order valence-corrected chi connectivity index (χ0v) is 12.7. The molecule has 0 aromatic heterocycles. The Kier molecular flexibility index (Phi) is 5.69. The van der Waals surface area contributed by atoms with Crippen LogP contribution < -0.4 is 4.72 Å². The van der Waals surface area contributed by atoms with Gasteiger partial charge < -0.3 is 10.0 Å². The molecule has 0 aliphatic carbocycles. The van der Waals surface area contributed by atoms with Gasteiger partial charge in [0.1, 0.15) is 5.82 Å². The van der Waals surface area contributed by atoms with Crippen molar-refractivity contribution in [2.45, 2.75) is 30.2 Å². The second-order valence-corrected chi connectivity index (χ2v) is 7.01. The molecule has 1 aliphatic heterocycles. The summed E-state index contributed by atoms with van der Waals surface area (Å²) < 4.78 is 40.3. The molecule has 0 saturated carbocycles. The highest BCUT2D eigenvalue weighted by Gasteiger charge is 2.25. The van der Waals surface area contributed by atoms with E-state index in [1.807, 2.05) is 0 Å². The summed E-state index contributed by atoms with van der Waals surface area (Å²) in [6.07, 6.45) is 2.36. The molecule has 7 heteroatoms. The number of hydrogen-bond acceptors (Lipinski definition) is 4. The van der Waals surface area contributed by atoms with E-state index in [2.05, 4.69) is 9.62 Å². The monoisotopic (exact) mass is 316 g/mol. The highest BCUT2D eigenvalue weighted by atomic mass is 32.2. The lowest BCUT2D eigenvalue weighted by Gasteiger charge is -2.32. The van der Waals surface area contributed by atoms with Crippen LogP contribution in [0.3, 0.4) is 0 Å². The number of rotatable bonds is 6. The summed E-state index contributed by atoms with van der Waals surface area (Å²) in [5.74, 6) is -0.564. The molecule has 0 amide bonds. The summed E-state index contributed by atoms with van der Waals surface area (Å²) in [5, 5.41) is 8.85. The van der Waals surface area contributed by atoms with Crippen molar-refractivity contribution in [2.75, 3.05) is 26.2 Å². The van der Waals surface area contributed by atoms with Gasteiger partial charge in [-0.1, -0.05) is 6.07 Å². The Morgan fingerprint density at radius 1 is 1.43 bits per heavy atom. The smallest absolute Gasteiger partial charge is 0.240 e. The molecular formula is C14H21FN2O3S. The van der Waals surface area contributed by atoms with Gasteiger partial charge in [-0.2, -0.15) is 0 Å². The lowest BCUT2D eigenvalue weighted by Crippen LogP contribution is -2.47. The average Bonchev–Trinajstić information content (AvgIpc) is 2.45. The van der Waals surface area contributed by atoms with Gasteiger partial charge in [-0.25, -0.2) is 17.5 Å². The van der Waals surface area contributed by atoms with Crippen LogP contribution in [0.4, 0.5) is 4.39 Å². The number of benzene rings is 1. The maximum Gasteiger partial charge on any atom is 0.240 e. The molecule has 1 saturated heterocycles. The Labute approximate surface area is 124 Å². The third-order valence-corrected chi connectivity index (χ3v) is 5.08. The number of sulfonamides is 1. The predicted octanol–water partition coefficient (Wildman–Crippen LogP) is 0.951. The zero-order chi connectivity index (χ0) is 15.3. The molecule has 21 heavy (non-hydrogen) atoms. The molecule has 1 aromatic carbocycles. The number of nitrogens with zero attached hydrogens (tertiary/aromatic N) is 1. The molecule has 1 heterocycles. The van der Waals surface area contributed by atoms with Crippen molar-refractivity contribution in [3.05, 3.63) is 30.1 Å². The SMILES string of the molecule is O=S(=O)(NC1CCCN(CCCO)C1)c1cccc(F)c1. The normalized spacial score (nSPS) is 20.6. The van der Waals surface area contributed by atoms with Gasteiger partial charge in [-0.05, 0) is 44.0 Å². The van der Waals surface area contributed by atoms with Crippen LogP contribution in [0.1, 0.15) is 19.3 Å². The Balaban J connectivity index is 1.99. The van der Waals surface area contributed by atoms with Crippen molar-refractivity contribution in [1.29, 1.82) is 0 Å². The van der Waals surface area contributed by atoms with Crippen LogP contribution in [0.5, 0.6) is 0 Å². The van der Waals surface area contributed by atoms with Gasteiger partial charge in [0, 0.05) is 25.7 Å². The fourth-order valence-electron chi connectivity index (χ4n) is 2.57. The fourth-order valence-corrected chi connectivity index (χ4v) is 3.86. The molecule has 1 atom stereocenters. The fraction of sp³-hybridized carbons (Fsp3) is 0.571. The van der Waals surface area contributed by atoms with E-state index in [0.29, 0.717) is 13.0 Å². The van der Waals surface area contributed by atoms with Crippen LogP contribution in [-0.2, 0) is 10.0 Å². The van der Waals surface area contributed by atoms with E-state index in [1.54, 1.807) is 0 Å². The Morgan fingerprint density at radius 2 is 2.24 bits per heavy atom. The van der Waals surface area contributed by atoms with Crippen molar-refractivity contribution < 1.29 is 17.9 Å². The van der Waals surface area contributed by atoms with E-state index < -0.39 is 15.8 Å². The summed E-state index contributed by atoms with van der Waals surface area (Å²) >= 11 is 0. The second kappa shape index (κ2) is 7.31. The van der Waals surface area contributed by atoms with E-state index in [-0.39, 0.29) is 17.5 Å². The van der Waals surface area contributed by atoms with E-state index in [0.717, 1.165) is 32.0 Å². The maximum atomic E-state index is 13.2. The van der Waals surface area contributed by atoms with Crippen molar-refractivity contribution in [3.8, 4) is 0 Å². The number of nitrogens with one attached hydrogen (secondary N) is 1. The summed E-state index contributed by atoms with van der Waals surface area (Å²) in [4.78, 5) is 2.09. The van der Waals surface area contributed by atoms with Crippen LogP contribution in [0, 0.1) is 5.82 Å². The first-order valence-electron chi connectivity index (χ1n) is 7.12. The summed E-state index contributed by atoms with van der Waals surface area (Å²) in [7, 11) is -3.69. The van der Waals surface area contributed by atoms with Gasteiger partial charge in [0.15, 0.2) is 0 Å². The van der Waals surface area contributed by atoms with Gasteiger partial charge in [0.05, 0.1) is 4.90 Å². The van der Waals surface area contributed by atoms with Gasteiger partial charge in [-0.3, -0.25) is 0 Å². The number of aliphatic hydroxyl groups excluding tert-OH is 1. The van der Waals surface area contributed by atoms with Crippen molar-refractivity contribution in [3.63, 3.8) is 0 Å². The molecule has 1 unspecified atom stereocenters. The molecule has 5 nitrogen and oxygen atoms in total. The van der Waals surface area contributed by atoms with Gasteiger partial charge in [0.2, 0.25) is 10.0 Å². The third-order valence-electron chi connectivity index (χ3n) is 3.57. The second-order valence-electron chi connectivity index (χ2n) is 5.30. The number of aliphatic hydroxyl groups is 1. The molecule has 2 N–H and O–H groups in total. The molecule has 118 valence electrons. The Hall–Kier alpha value is -1.02. The summed E-state index contributed by atoms with van der Waals surface area (Å²) in [6, 6.07) is 4.84. The molecule has 0 radical (unpaired) electrons. The van der Waals surface area contributed by atoms with Gasteiger partial charge >= 0.3 is 0 Å². The first kappa shape index (κ1) is 16.4. The Bertz CT molecular complexity index is 565. The zero-order valence-electron chi connectivity index (χ0n) is 11.8. The quantitative estimate of drug-likeness (QED) is 0.820. The van der Waals surface area contributed by atoms with Crippen molar-refractivity contribution in [1.82, 2.24) is 9.62 Å². The lowest BCUT2D eigenvalue weighted by molar-refractivity contribution is 0.180. The highest BCUT2D eigenvalue weighted by Crippen LogP contribution is 2.15. The minimum absolute atomic E-state index is 0.0463. The average molecular weight is 316 g/mol. The van der Waals surface area contributed by atoms with E-state index in [9.17, 15) is 12.8 Å². The van der Waals surface area contributed by atoms with Crippen molar-refractivity contribution in [2.24, 2.45) is 0 Å². The Morgan fingerprint density at radius 3 is 2.95 bits per heavy atom. The summed E-state index contributed by atoms with van der Waals surface area (Å²) in [5.41, 5.74) is 0. The number of halogens is 1. The van der Waals surface area contributed by atoms with Crippen molar-refractivity contribution >= 4 is 10.0 Å². The maximum absolute atomic E-state index is 13.2. The van der Waals surface area contributed by atoms with E-state index in [4.69, 9.17) is 5.11 Å². The third kappa shape index (κ3) is 4.74. The van der Waals surface area contributed by atoms with E-state index in [1.165, 1.54) is 18.2 Å². The minimum Gasteiger partial charge on any atom is -0.396 e. The first-order valence-corrected chi connectivity index (χ1v) is 8.61.